The lowest BCUT2D eigenvalue weighted by Gasteiger charge is -2.11. The summed E-state index contributed by atoms with van der Waals surface area (Å²) in [6, 6.07) is 17.8. The molecular formula is C26H21F3N4O2. The number of aliphatic imine (C=N–C) groups is 1. The zero-order valence-electron chi connectivity index (χ0n) is 18.8. The summed E-state index contributed by atoms with van der Waals surface area (Å²) in [4.78, 5) is 32.4. The average molecular weight is 478 g/mol. The summed E-state index contributed by atoms with van der Waals surface area (Å²) >= 11 is 0. The first-order chi connectivity index (χ1) is 16.6. The molecule has 6 nitrogen and oxygen atoms in total. The molecule has 2 aromatic rings. The van der Waals surface area contributed by atoms with Gasteiger partial charge in [-0.05, 0) is 61.9 Å². The van der Waals surface area contributed by atoms with Crippen LogP contribution in [0.2, 0.25) is 0 Å². The highest BCUT2D eigenvalue weighted by Crippen LogP contribution is 2.30. The van der Waals surface area contributed by atoms with Crippen LogP contribution in [-0.2, 0) is 6.18 Å². The van der Waals surface area contributed by atoms with E-state index < -0.39 is 17.8 Å². The van der Waals surface area contributed by atoms with Crippen molar-refractivity contribution in [2.75, 3.05) is 10.6 Å². The maximum absolute atomic E-state index is 12.7. The SMILES string of the molecule is C/C(=N\c1cc(NC(=O)Nc2ccc(C(F)(F)F)cc2)ccc1C)c1c2cccccc-2[nH]c1=O. The Kier molecular flexibility index (Phi) is 6.42. The second-order valence-electron chi connectivity index (χ2n) is 7.92. The van der Waals surface area contributed by atoms with Crippen LogP contribution in [0.5, 0.6) is 0 Å². The van der Waals surface area contributed by atoms with Gasteiger partial charge in [0.05, 0.1) is 22.5 Å². The molecule has 1 heterocycles. The average Bonchev–Trinajstić information content (AvgIpc) is 2.94. The van der Waals surface area contributed by atoms with Crippen molar-refractivity contribution < 1.29 is 18.0 Å². The standard InChI is InChI=1S/C26H21F3N4O2/c1-15-8-11-19(32-25(35)31-18-12-9-17(10-13-18)26(27,28)29)14-22(15)30-16(2)23-20-6-4-3-5-7-21(20)33-24(23)34/h3-14H,1-2H3,(H,33,34)(H2,31,32,35)/b30-16+. The molecule has 0 radical (unpaired) electrons. The Hall–Kier alpha value is -4.40. The lowest BCUT2D eigenvalue weighted by molar-refractivity contribution is -0.137. The molecule has 9 heteroatoms. The van der Waals surface area contributed by atoms with Crippen LogP contribution in [0.3, 0.4) is 0 Å². The maximum atomic E-state index is 12.7. The number of aryl methyl sites for hydroxylation is 1. The molecule has 4 rings (SSSR count). The van der Waals surface area contributed by atoms with Crippen molar-refractivity contribution >= 4 is 28.8 Å². The molecule has 0 unspecified atom stereocenters. The van der Waals surface area contributed by atoms with Crippen molar-refractivity contribution in [2.45, 2.75) is 20.0 Å². The fraction of sp³-hybridized carbons (Fsp3) is 0.115. The second kappa shape index (κ2) is 9.46. The van der Waals surface area contributed by atoms with E-state index in [4.69, 9.17) is 0 Å². The summed E-state index contributed by atoms with van der Waals surface area (Å²) in [5.74, 6) is 0. The van der Waals surface area contributed by atoms with Crippen LogP contribution in [-0.4, -0.2) is 16.7 Å². The van der Waals surface area contributed by atoms with Gasteiger partial charge < -0.3 is 15.6 Å². The van der Waals surface area contributed by atoms with Crippen molar-refractivity contribution in [3.8, 4) is 11.3 Å². The number of aromatic nitrogens is 1. The van der Waals surface area contributed by atoms with Crippen molar-refractivity contribution in [1.82, 2.24) is 4.98 Å². The molecule has 0 aromatic heterocycles. The van der Waals surface area contributed by atoms with E-state index in [-0.39, 0.29) is 11.2 Å². The van der Waals surface area contributed by atoms with E-state index in [2.05, 4.69) is 20.6 Å². The minimum atomic E-state index is -4.45. The number of rotatable bonds is 4. The van der Waals surface area contributed by atoms with Crippen LogP contribution < -0.4 is 16.2 Å². The molecule has 1 aliphatic heterocycles. The van der Waals surface area contributed by atoms with Crippen LogP contribution in [0.15, 0.2) is 82.6 Å². The third-order valence-electron chi connectivity index (χ3n) is 5.37. The van der Waals surface area contributed by atoms with Gasteiger partial charge in [0.15, 0.2) is 0 Å². The van der Waals surface area contributed by atoms with Gasteiger partial charge in [-0.1, -0.05) is 30.3 Å². The molecule has 2 aromatic carbocycles. The number of urea groups is 1. The smallest absolute Gasteiger partial charge is 0.321 e. The number of anilines is 2. The van der Waals surface area contributed by atoms with Crippen LogP contribution in [0.1, 0.15) is 23.6 Å². The molecule has 2 amide bonds. The highest BCUT2D eigenvalue weighted by Gasteiger charge is 2.30. The van der Waals surface area contributed by atoms with Crippen LogP contribution in [0.25, 0.3) is 11.3 Å². The number of halogens is 3. The number of carbonyl (C=O) groups is 1. The summed E-state index contributed by atoms with van der Waals surface area (Å²) in [6.07, 6.45) is -4.45. The zero-order chi connectivity index (χ0) is 25.2. The minimum Gasteiger partial charge on any atom is -0.321 e. The summed E-state index contributed by atoms with van der Waals surface area (Å²) in [5, 5.41) is 5.14. The normalized spacial score (nSPS) is 12.0. The van der Waals surface area contributed by atoms with Crippen molar-refractivity contribution in [1.29, 1.82) is 0 Å². The van der Waals surface area contributed by atoms with Gasteiger partial charge in [-0.15, -0.1) is 0 Å². The maximum Gasteiger partial charge on any atom is 0.416 e. The number of H-pyrrole nitrogens is 1. The lowest BCUT2D eigenvalue weighted by Crippen LogP contribution is -2.19. The minimum absolute atomic E-state index is 0.215. The molecule has 0 saturated carbocycles. The molecule has 1 aliphatic carbocycles. The molecule has 0 atom stereocenters. The number of nitrogens with one attached hydrogen (secondary N) is 3. The van der Waals surface area contributed by atoms with E-state index in [1.165, 1.54) is 12.1 Å². The zero-order valence-corrected chi connectivity index (χ0v) is 18.8. The van der Waals surface area contributed by atoms with Gasteiger partial charge in [0.25, 0.3) is 5.56 Å². The number of aromatic amines is 1. The van der Waals surface area contributed by atoms with E-state index in [9.17, 15) is 22.8 Å². The highest BCUT2D eigenvalue weighted by molar-refractivity contribution is 6.06. The Morgan fingerprint density at radius 3 is 2.29 bits per heavy atom. The molecular weight excluding hydrogens is 457 g/mol. The van der Waals surface area contributed by atoms with Gasteiger partial charge in [-0.25, -0.2) is 4.79 Å². The van der Waals surface area contributed by atoms with E-state index in [1.807, 2.05) is 37.3 Å². The monoisotopic (exact) mass is 478 g/mol. The number of carbonyl (C=O) groups excluding carboxylic acids is 1. The van der Waals surface area contributed by atoms with E-state index in [0.717, 1.165) is 23.3 Å². The van der Waals surface area contributed by atoms with E-state index in [1.54, 1.807) is 25.1 Å². The fourth-order valence-corrected chi connectivity index (χ4v) is 3.62. The molecule has 3 N–H and O–H groups in total. The summed E-state index contributed by atoms with van der Waals surface area (Å²) in [7, 11) is 0. The number of hydrogen-bond acceptors (Lipinski definition) is 3. The van der Waals surface area contributed by atoms with Crippen LogP contribution in [0.4, 0.5) is 35.0 Å². The Labute approximate surface area is 198 Å². The fourth-order valence-electron chi connectivity index (χ4n) is 3.62. The largest absolute Gasteiger partial charge is 0.416 e. The molecule has 35 heavy (non-hydrogen) atoms. The summed E-state index contributed by atoms with van der Waals surface area (Å²) < 4.78 is 38.1. The number of amides is 2. The number of hydrogen-bond donors (Lipinski definition) is 3. The van der Waals surface area contributed by atoms with Crippen molar-refractivity contribution in [3.05, 3.63) is 99.8 Å². The molecule has 0 bridgehead atoms. The lowest BCUT2D eigenvalue weighted by atomic mass is 10.1. The van der Waals surface area contributed by atoms with E-state index >= 15 is 0 Å². The summed E-state index contributed by atoms with van der Waals surface area (Å²) in [5.41, 5.74) is 3.43. The summed E-state index contributed by atoms with van der Waals surface area (Å²) in [6.45, 7) is 3.60. The third kappa shape index (κ3) is 5.40. The topological polar surface area (TPSA) is 86.3 Å². The van der Waals surface area contributed by atoms with Gasteiger partial charge in [-0.3, -0.25) is 9.79 Å². The first-order valence-electron chi connectivity index (χ1n) is 10.6. The van der Waals surface area contributed by atoms with Gasteiger partial charge >= 0.3 is 12.2 Å². The second-order valence-corrected chi connectivity index (χ2v) is 7.92. The number of benzene rings is 2. The molecule has 0 spiro atoms. The molecule has 178 valence electrons. The predicted octanol–water partition coefficient (Wildman–Crippen LogP) is 6.59. The Bertz CT molecular complexity index is 1440. The Balaban J connectivity index is 1.54. The number of alkyl halides is 3. The van der Waals surface area contributed by atoms with Gasteiger partial charge in [0.2, 0.25) is 0 Å². The Morgan fingerprint density at radius 2 is 1.57 bits per heavy atom. The Morgan fingerprint density at radius 1 is 0.914 bits per heavy atom. The quantitative estimate of drug-likeness (QED) is 0.289. The first kappa shape index (κ1) is 23.7. The van der Waals surface area contributed by atoms with Crippen LogP contribution in [0, 0.1) is 6.92 Å². The molecule has 0 saturated heterocycles. The van der Waals surface area contributed by atoms with Gasteiger partial charge in [0, 0.05) is 22.6 Å². The van der Waals surface area contributed by atoms with Gasteiger partial charge in [0.1, 0.15) is 0 Å². The van der Waals surface area contributed by atoms with Crippen molar-refractivity contribution in [2.24, 2.45) is 4.99 Å². The predicted molar refractivity (Wildman–Crippen MR) is 131 cm³/mol. The van der Waals surface area contributed by atoms with Crippen LogP contribution >= 0.6 is 0 Å². The number of fused-ring (bicyclic) bond motifs is 1. The third-order valence-corrected chi connectivity index (χ3v) is 5.37. The van der Waals surface area contributed by atoms with Crippen molar-refractivity contribution in [3.63, 3.8) is 0 Å². The molecule has 2 aliphatic rings. The molecule has 0 fully saturated rings. The number of nitrogens with zero attached hydrogens (tertiary/aromatic N) is 1. The van der Waals surface area contributed by atoms with E-state index in [0.29, 0.717) is 28.3 Å². The highest BCUT2D eigenvalue weighted by atomic mass is 19.4. The van der Waals surface area contributed by atoms with Gasteiger partial charge in [-0.2, -0.15) is 13.2 Å². The first-order valence-corrected chi connectivity index (χ1v) is 10.6.